The highest BCUT2D eigenvalue weighted by molar-refractivity contribution is 6.01. The average Bonchev–Trinajstić information content (AvgIpc) is 2.47. The van der Waals surface area contributed by atoms with E-state index < -0.39 is 0 Å². The van der Waals surface area contributed by atoms with E-state index in [1.807, 2.05) is 36.4 Å². The van der Waals surface area contributed by atoms with Crippen molar-refractivity contribution in [2.45, 2.75) is 13.3 Å². The largest absolute Gasteiger partial charge is 0.484 e. The van der Waals surface area contributed by atoms with Crippen LogP contribution in [0.4, 0.5) is 17.1 Å². The summed E-state index contributed by atoms with van der Waals surface area (Å²) in [5.74, 6) is 1.60. The number of benzene rings is 2. The second kappa shape index (κ2) is 5.25. The highest BCUT2D eigenvalue weighted by atomic mass is 16.5. The van der Waals surface area contributed by atoms with Gasteiger partial charge in [0.15, 0.2) is 0 Å². The van der Waals surface area contributed by atoms with Crippen LogP contribution >= 0.6 is 0 Å². The van der Waals surface area contributed by atoms with Gasteiger partial charge in [0.2, 0.25) is 0 Å². The smallest absolute Gasteiger partial charge is 0.146 e. The first-order valence-corrected chi connectivity index (χ1v) is 6.71. The Balaban J connectivity index is 1.91. The van der Waals surface area contributed by atoms with Gasteiger partial charge in [0, 0.05) is 5.69 Å². The predicted octanol–water partition coefficient (Wildman–Crippen LogP) is 3.37. The molecule has 0 saturated heterocycles. The second-order valence-corrected chi connectivity index (χ2v) is 4.71. The lowest BCUT2D eigenvalue weighted by atomic mass is 10.1. The minimum atomic E-state index is 0.439. The topological polar surface area (TPSA) is 59.6 Å². The van der Waals surface area contributed by atoms with Gasteiger partial charge in [-0.05, 0) is 36.2 Å². The van der Waals surface area contributed by atoms with Crippen LogP contribution in [0.1, 0.15) is 12.5 Å². The van der Waals surface area contributed by atoms with Crippen molar-refractivity contribution in [2.75, 3.05) is 17.7 Å². The maximum atomic E-state index is 5.79. The summed E-state index contributed by atoms with van der Waals surface area (Å²) in [4.78, 5) is 4.66. The van der Waals surface area contributed by atoms with Gasteiger partial charge in [-0.1, -0.05) is 25.1 Å². The molecule has 2 aromatic carbocycles. The average molecular weight is 267 g/mol. The molecule has 102 valence electrons. The van der Waals surface area contributed by atoms with E-state index in [1.54, 1.807) is 0 Å². The van der Waals surface area contributed by atoms with Crippen LogP contribution in [-0.2, 0) is 6.42 Å². The number of nitrogens with one attached hydrogen (secondary N) is 1. The molecule has 0 radical (unpaired) electrons. The highest BCUT2D eigenvalue weighted by Crippen LogP contribution is 2.30. The molecule has 0 spiro atoms. The molecule has 0 saturated carbocycles. The van der Waals surface area contributed by atoms with Crippen molar-refractivity contribution in [3.63, 3.8) is 0 Å². The van der Waals surface area contributed by atoms with Crippen molar-refractivity contribution in [1.29, 1.82) is 0 Å². The summed E-state index contributed by atoms with van der Waals surface area (Å²) in [6.45, 7) is 2.56. The summed E-state index contributed by atoms with van der Waals surface area (Å²) in [5.41, 5.74) is 9.56. The lowest BCUT2D eigenvalue weighted by Crippen LogP contribution is -2.25. The minimum Gasteiger partial charge on any atom is -0.484 e. The summed E-state index contributed by atoms with van der Waals surface area (Å²) in [6, 6.07) is 13.7. The van der Waals surface area contributed by atoms with Crippen LogP contribution in [0.15, 0.2) is 47.5 Å². The van der Waals surface area contributed by atoms with Crippen LogP contribution in [0, 0.1) is 0 Å². The number of aryl methyl sites for hydroxylation is 1. The van der Waals surface area contributed by atoms with Crippen LogP contribution < -0.4 is 15.8 Å². The molecule has 3 N–H and O–H groups in total. The Morgan fingerprint density at radius 2 is 2.10 bits per heavy atom. The van der Waals surface area contributed by atoms with Crippen molar-refractivity contribution in [2.24, 2.45) is 4.99 Å². The van der Waals surface area contributed by atoms with E-state index in [4.69, 9.17) is 10.5 Å². The number of nitrogen functional groups attached to an aromatic ring is 1. The molecule has 0 fully saturated rings. The minimum absolute atomic E-state index is 0.439. The molecular weight excluding hydrogens is 250 g/mol. The third kappa shape index (κ3) is 2.45. The lowest BCUT2D eigenvalue weighted by molar-refractivity contribution is 0.372. The predicted molar refractivity (Wildman–Crippen MR) is 82.9 cm³/mol. The second-order valence-electron chi connectivity index (χ2n) is 4.71. The Morgan fingerprint density at radius 1 is 1.25 bits per heavy atom. The van der Waals surface area contributed by atoms with E-state index in [9.17, 15) is 0 Å². The van der Waals surface area contributed by atoms with E-state index in [1.165, 1.54) is 5.56 Å². The molecule has 3 rings (SSSR count). The molecule has 0 aliphatic carbocycles. The van der Waals surface area contributed by atoms with E-state index >= 15 is 0 Å². The first-order chi connectivity index (χ1) is 9.76. The van der Waals surface area contributed by atoms with Gasteiger partial charge in [-0.15, -0.1) is 0 Å². The number of nitrogens with zero attached hydrogens (tertiary/aromatic N) is 1. The van der Waals surface area contributed by atoms with Crippen LogP contribution in [0.25, 0.3) is 0 Å². The van der Waals surface area contributed by atoms with Gasteiger partial charge in [0.25, 0.3) is 0 Å². The molecule has 20 heavy (non-hydrogen) atoms. The maximum absolute atomic E-state index is 5.79. The maximum Gasteiger partial charge on any atom is 0.146 e. The lowest BCUT2D eigenvalue weighted by Gasteiger charge is -2.21. The summed E-state index contributed by atoms with van der Waals surface area (Å²) in [6.07, 6.45) is 0.956. The van der Waals surface area contributed by atoms with Crippen molar-refractivity contribution in [3.8, 4) is 5.75 Å². The van der Waals surface area contributed by atoms with Crippen molar-refractivity contribution in [3.05, 3.63) is 48.0 Å². The summed E-state index contributed by atoms with van der Waals surface area (Å²) in [5, 5.41) is 3.28. The van der Waals surface area contributed by atoms with E-state index in [0.717, 1.165) is 29.4 Å². The zero-order chi connectivity index (χ0) is 13.9. The molecule has 0 aromatic heterocycles. The number of amidine groups is 1. The van der Waals surface area contributed by atoms with Crippen molar-refractivity contribution >= 4 is 22.9 Å². The SMILES string of the molecule is CCc1ccccc1N=C1COc2ccc(N)cc2N1. The normalized spacial score (nSPS) is 15.3. The molecular formula is C16H17N3O. The van der Waals surface area contributed by atoms with Gasteiger partial charge in [-0.25, -0.2) is 4.99 Å². The first kappa shape index (κ1) is 12.5. The molecule has 1 aliphatic heterocycles. The van der Waals surface area contributed by atoms with Crippen molar-refractivity contribution < 1.29 is 4.74 Å². The molecule has 2 aromatic rings. The Morgan fingerprint density at radius 3 is 2.95 bits per heavy atom. The fraction of sp³-hybridized carbons (Fsp3) is 0.188. The molecule has 0 unspecified atom stereocenters. The summed E-state index contributed by atoms with van der Waals surface area (Å²) >= 11 is 0. The zero-order valence-corrected chi connectivity index (χ0v) is 11.4. The molecule has 0 bridgehead atoms. The van der Waals surface area contributed by atoms with Crippen LogP contribution in [0.3, 0.4) is 0 Å². The number of hydrogen-bond donors (Lipinski definition) is 2. The number of ether oxygens (including phenoxy) is 1. The van der Waals surface area contributed by atoms with E-state index in [-0.39, 0.29) is 0 Å². The Hall–Kier alpha value is -2.49. The molecule has 1 heterocycles. The Labute approximate surface area is 118 Å². The first-order valence-electron chi connectivity index (χ1n) is 6.71. The molecule has 1 aliphatic rings. The standard InChI is InChI=1S/C16H17N3O/c1-2-11-5-3-4-6-13(11)18-16-10-20-15-8-7-12(17)9-14(15)19-16/h3-9H,2,10,17H2,1H3,(H,18,19). The van der Waals surface area contributed by atoms with Gasteiger partial charge in [0.05, 0.1) is 11.4 Å². The number of hydrogen-bond acceptors (Lipinski definition) is 3. The third-order valence-corrected chi connectivity index (χ3v) is 3.27. The monoisotopic (exact) mass is 267 g/mol. The number of nitrogens with two attached hydrogens (primary N) is 1. The van der Waals surface area contributed by atoms with E-state index in [0.29, 0.717) is 12.3 Å². The quantitative estimate of drug-likeness (QED) is 0.820. The van der Waals surface area contributed by atoms with Gasteiger partial charge >= 0.3 is 0 Å². The number of fused-ring (bicyclic) bond motifs is 1. The van der Waals surface area contributed by atoms with Crippen LogP contribution in [-0.4, -0.2) is 12.4 Å². The third-order valence-electron chi connectivity index (χ3n) is 3.27. The number of aliphatic imine (C=N–C) groups is 1. The van der Waals surface area contributed by atoms with Gasteiger partial charge in [-0.3, -0.25) is 0 Å². The number of para-hydroxylation sites is 1. The Kier molecular flexibility index (Phi) is 3.29. The summed E-state index contributed by atoms with van der Waals surface area (Å²) in [7, 11) is 0. The zero-order valence-electron chi connectivity index (χ0n) is 11.4. The Bertz CT molecular complexity index is 665. The number of rotatable bonds is 2. The number of anilines is 2. The highest BCUT2D eigenvalue weighted by Gasteiger charge is 2.15. The van der Waals surface area contributed by atoms with E-state index in [2.05, 4.69) is 23.3 Å². The molecule has 0 amide bonds. The van der Waals surface area contributed by atoms with Crippen LogP contribution in [0.2, 0.25) is 0 Å². The van der Waals surface area contributed by atoms with Gasteiger partial charge in [-0.2, -0.15) is 0 Å². The fourth-order valence-electron chi connectivity index (χ4n) is 2.23. The molecule has 0 atom stereocenters. The van der Waals surface area contributed by atoms with Crippen molar-refractivity contribution in [1.82, 2.24) is 0 Å². The molecule has 4 heteroatoms. The van der Waals surface area contributed by atoms with Gasteiger partial charge < -0.3 is 15.8 Å². The van der Waals surface area contributed by atoms with Crippen LogP contribution in [0.5, 0.6) is 5.75 Å². The summed E-state index contributed by atoms with van der Waals surface area (Å²) < 4.78 is 5.69. The molecule has 4 nitrogen and oxygen atoms in total. The fourth-order valence-corrected chi connectivity index (χ4v) is 2.23. The van der Waals surface area contributed by atoms with Gasteiger partial charge in [0.1, 0.15) is 18.2 Å².